The molecular weight excluding hydrogens is 384 g/mol. The van der Waals surface area contributed by atoms with E-state index in [1.165, 1.54) is 6.92 Å². The third-order valence-corrected chi connectivity index (χ3v) is 4.40. The molecule has 0 aliphatic heterocycles. The van der Waals surface area contributed by atoms with Crippen molar-refractivity contribution in [3.63, 3.8) is 0 Å². The fourth-order valence-corrected chi connectivity index (χ4v) is 2.72. The number of Topliss-reactive ketones (excluding diaryl/α,β-unsaturated/α-hetero) is 1. The molecule has 2 aromatic carbocycles. The van der Waals surface area contributed by atoms with Gasteiger partial charge in [-0.1, -0.05) is 60.7 Å². The summed E-state index contributed by atoms with van der Waals surface area (Å²) in [5.41, 5.74) is 1.79. The molecule has 7 nitrogen and oxygen atoms in total. The van der Waals surface area contributed by atoms with E-state index < -0.39 is 18.2 Å². The second-order valence-electron chi connectivity index (χ2n) is 6.85. The highest BCUT2D eigenvalue weighted by Gasteiger charge is 2.17. The Hall–Kier alpha value is -3.35. The van der Waals surface area contributed by atoms with Crippen molar-refractivity contribution in [3.05, 3.63) is 71.8 Å². The highest BCUT2D eigenvalue weighted by molar-refractivity contribution is 5.85. The smallest absolute Gasteiger partial charge is 0.408 e. The molecule has 0 saturated heterocycles. The molecule has 2 N–H and O–H groups in total. The number of unbranched alkanes of at least 4 members (excludes halogenated alkanes) is 1. The summed E-state index contributed by atoms with van der Waals surface area (Å²) in [6.45, 7) is 2.22. The second-order valence-corrected chi connectivity index (χ2v) is 6.85. The van der Waals surface area contributed by atoms with E-state index in [0.29, 0.717) is 25.8 Å². The molecule has 0 aromatic heterocycles. The standard InChI is InChI=1S/C23H28N2O5/c1-18(26)21(25-23(28)30-17-20-12-6-3-7-13-20)14-8-9-15-24-22(27)29-16-19-10-4-2-5-11-19/h2-7,10-13,21H,8-9,14-17H2,1H3,(H,24,27)(H,25,28)/t21-/m0/s1. The quantitative estimate of drug-likeness (QED) is 0.545. The van der Waals surface area contributed by atoms with Crippen LogP contribution in [0.4, 0.5) is 9.59 Å². The number of alkyl carbamates (subject to hydrolysis) is 2. The van der Waals surface area contributed by atoms with E-state index in [1.807, 2.05) is 60.7 Å². The first-order valence-corrected chi connectivity index (χ1v) is 9.97. The predicted octanol–water partition coefficient (Wildman–Crippen LogP) is 3.97. The van der Waals surface area contributed by atoms with Gasteiger partial charge in [-0.3, -0.25) is 4.79 Å². The van der Waals surface area contributed by atoms with Crippen LogP contribution in [0, 0.1) is 0 Å². The zero-order valence-corrected chi connectivity index (χ0v) is 17.1. The number of nitrogens with one attached hydrogen (secondary N) is 2. The van der Waals surface area contributed by atoms with Gasteiger partial charge in [0.25, 0.3) is 0 Å². The molecule has 2 rings (SSSR count). The van der Waals surface area contributed by atoms with Gasteiger partial charge in [-0.2, -0.15) is 0 Å². The monoisotopic (exact) mass is 412 g/mol. The number of hydrogen-bond donors (Lipinski definition) is 2. The van der Waals surface area contributed by atoms with Crippen LogP contribution in [0.3, 0.4) is 0 Å². The van der Waals surface area contributed by atoms with Crippen molar-refractivity contribution in [2.24, 2.45) is 0 Å². The maximum absolute atomic E-state index is 11.9. The molecule has 0 radical (unpaired) electrons. The Balaban J connectivity index is 1.59. The van der Waals surface area contributed by atoms with Crippen LogP contribution in [0.15, 0.2) is 60.7 Å². The first-order chi connectivity index (χ1) is 14.5. The van der Waals surface area contributed by atoms with Crippen molar-refractivity contribution in [2.45, 2.75) is 45.4 Å². The zero-order valence-electron chi connectivity index (χ0n) is 17.1. The van der Waals surface area contributed by atoms with E-state index in [2.05, 4.69) is 10.6 Å². The average molecular weight is 412 g/mol. The third kappa shape index (κ3) is 9.23. The van der Waals surface area contributed by atoms with Crippen LogP contribution in [-0.4, -0.2) is 30.6 Å². The van der Waals surface area contributed by atoms with Gasteiger partial charge in [-0.25, -0.2) is 9.59 Å². The lowest BCUT2D eigenvalue weighted by Crippen LogP contribution is -2.40. The summed E-state index contributed by atoms with van der Waals surface area (Å²) in [6.07, 6.45) is 0.676. The minimum Gasteiger partial charge on any atom is -0.445 e. The second kappa shape index (κ2) is 13.0. The largest absolute Gasteiger partial charge is 0.445 e. The molecule has 0 aliphatic rings. The fraction of sp³-hybridized carbons (Fsp3) is 0.348. The maximum atomic E-state index is 11.9. The van der Waals surface area contributed by atoms with Gasteiger partial charge in [0.05, 0.1) is 6.04 Å². The SMILES string of the molecule is CC(=O)[C@H](CCCCNC(=O)OCc1ccccc1)NC(=O)OCc1ccccc1. The van der Waals surface area contributed by atoms with Crippen molar-refractivity contribution in [3.8, 4) is 0 Å². The van der Waals surface area contributed by atoms with Crippen molar-refractivity contribution in [1.29, 1.82) is 0 Å². The normalized spacial score (nSPS) is 11.2. The van der Waals surface area contributed by atoms with E-state index >= 15 is 0 Å². The van der Waals surface area contributed by atoms with Gasteiger partial charge in [0.15, 0.2) is 5.78 Å². The lowest BCUT2D eigenvalue weighted by molar-refractivity contribution is -0.119. The van der Waals surface area contributed by atoms with Gasteiger partial charge in [0.2, 0.25) is 0 Å². The van der Waals surface area contributed by atoms with Gasteiger partial charge in [0.1, 0.15) is 13.2 Å². The van der Waals surface area contributed by atoms with Crippen molar-refractivity contribution < 1.29 is 23.9 Å². The Labute approximate surface area is 176 Å². The summed E-state index contributed by atoms with van der Waals surface area (Å²) in [5.74, 6) is -0.137. The Kier molecular flexibility index (Phi) is 9.92. The Morgan fingerprint density at radius 2 is 1.33 bits per heavy atom. The first-order valence-electron chi connectivity index (χ1n) is 9.97. The zero-order chi connectivity index (χ0) is 21.6. The van der Waals surface area contributed by atoms with Crippen molar-refractivity contribution in [1.82, 2.24) is 10.6 Å². The minimum atomic E-state index is -0.623. The minimum absolute atomic E-state index is 0.137. The fourth-order valence-electron chi connectivity index (χ4n) is 2.72. The number of ketones is 1. The maximum Gasteiger partial charge on any atom is 0.408 e. The molecule has 0 aliphatic carbocycles. The van der Waals surface area contributed by atoms with Crippen molar-refractivity contribution in [2.75, 3.05) is 6.54 Å². The number of ether oxygens (including phenoxy) is 2. The number of benzene rings is 2. The molecule has 1 atom stereocenters. The highest BCUT2D eigenvalue weighted by Crippen LogP contribution is 2.05. The van der Waals surface area contributed by atoms with Gasteiger partial charge >= 0.3 is 12.2 Å². The Bertz CT molecular complexity index is 796. The number of rotatable bonds is 11. The number of carbonyl (C=O) groups excluding carboxylic acids is 3. The summed E-state index contributed by atoms with van der Waals surface area (Å²) in [4.78, 5) is 35.4. The lowest BCUT2D eigenvalue weighted by Gasteiger charge is -2.16. The van der Waals surface area contributed by atoms with Crippen LogP contribution in [0.25, 0.3) is 0 Å². The van der Waals surface area contributed by atoms with E-state index in [9.17, 15) is 14.4 Å². The van der Waals surface area contributed by atoms with E-state index in [1.54, 1.807) is 0 Å². The summed E-state index contributed by atoms with van der Waals surface area (Å²) in [6, 6.07) is 18.1. The molecule has 0 bridgehead atoms. The number of carbonyl (C=O) groups is 3. The molecule has 0 saturated carbocycles. The number of amides is 2. The molecule has 7 heteroatoms. The summed E-state index contributed by atoms with van der Waals surface area (Å²) < 4.78 is 10.3. The van der Waals surface area contributed by atoms with Crippen LogP contribution in [0.1, 0.15) is 37.3 Å². The third-order valence-electron chi connectivity index (χ3n) is 4.40. The lowest BCUT2D eigenvalue weighted by atomic mass is 10.1. The first kappa shape index (κ1) is 22.9. The van der Waals surface area contributed by atoms with E-state index in [-0.39, 0.29) is 19.0 Å². The molecule has 160 valence electrons. The van der Waals surface area contributed by atoms with Crippen molar-refractivity contribution >= 4 is 18.0 Å². The van der Waals surface area contributed by atoms with Crippen LogP contribution < -0.4 is 10.6 Å². The predicted molar refractivity (Wildman–Crippen MR) is 113 cm³/mol. The van der Waals surface area contributed by atoms with Crippen LogP contribution in [-0.2, 0) is 27.5 Å². The van der Waals surface area contributed by atoms with Gasteiger partial charge in [-0.15, -0.1) is 0 Å². The Morgan fingerprint density at radius 1 is 0.800 bits per heavy atom. The molecule has 2 aromatic rings. The molecule has 30 heavy (non-hydrogen) atoms. The van der Waals surface area contributed by atoms with E-state index in [4.69, 9.17) is 9.47 Å². The molecule has 0 fully saturated rings. The molecule has 0 unspecified atom stereocenters. The average Bonchev–Trinajstić information content (AvgIpc) is 2.76. The highest BCUT2D eigenvalue weighted by atomic mass is 16.6. The summed E-state index contributed by atoms with van der Waals surface area (Å²) >= 11 is 0. The summed E-state index contributed by atoms with van der Waals surface area (Å²) in [5, 5.41) is 5.28. The molecule has 2 amide bonds. The van der Waals surface area contributed by atoms with Gasteiger partial charge in [-0.05, 0) is 37.3 Å². The van der Waals surface area contributed by atoms with Crippen LogP contribution in [0.5, 0.6) is 0 Å². The molecule has 0 spiro atoms. The van der Waals surface area contributed by atoms with E-state index in [0.717, 1.165) is 11.1 Å². The van der Waals surface area contributed by atoms with Crippen LogP contribution in [0.2, 0.25) is 0 Å². The Morgan fingerprint density at radius 3 is 1.87 bits per heavy atom. The van der Waals surface area contributed by atoms with Gasteiger partial charge < -0.3 is 20.1 Å². The molecular formula is C23H28N2O5. The molecule has 0 heterocycles. The topological polar surface area (TPSA) is 93.7 Å². The van der Waals surface area contributed by atoms with Crippen LogP contribution >= 0.6 is 0 Å². The van der Waals surface area contributed by atoms with Gasteiger partial charge in [0, 0.05) is 6.54 Å². The number of hydrogen-bond acceptors (Lipinski definition) is 5. The summed E-state index contributed by atoms with van der Waals surface area (Å²) in [7, 11) is 0.